The average Bonchev–Trinajstić information content (AvgIpc) is 2.68. The molecule has 0 radical (unpaired) electrons. The molecule has 2 aromatic carbocycles. The molecular weight excluding hydrogens is 376 g/mol. The quantitative estimate of drug-likeness (QED) is 0.515. The molecule has 7 heteroatoms. The molecule has 0 saturated heterocycles. The van der Waals surface area contributed by atoms with Crippen LogP contribution in [0, 0.1) is 0 Å². The van der Waals surface area contributed by atoms with Crippen molar-refractivity contribution in [2.75, 3.05) is 29.6 Å². The van der Waals surface area contributed by atoms with Crippen LogP contribution < -0.4 is 20.7 Å². The van der Waals surface area contributed by atoms with E-state index in [1.807, 2.05) is 31.2 Å². The Balaban J connectivity index is 1.77. The van der Waals surface area contributed by atoms with Crippen LogP contribution in [0.5, 0.6) is 5.75 Å². The molecular formula is C21H21ClN4O2. The van der Waals surface area contributed by atoms with E-state index >= 15 is 0 Å². The molecule has 0 spiro atoms. The number of aromatic nitrogens is 1. The van der Waals surface area contributed by atoms with E-state index in [2.05, 4.69) is 20.9 Å². The highest BCUT2D eigenvalue weighted by Crippen LogP contribution is 2.33. The van der Waals surface area contributed by atoms with Gasteiger partial charge in [-0.3, -0.25) is 0 Å². The van der Waals surface area contributed by atoms with Gasteiger partial charge >= 0.3 is 6.03 Å². The highest BCUT2D eigenvalue weighted by atomic mass is 35.5. The van der Waals surface area contributed by atoms with Crippen LogP contribution in [-0.2, 0) is 0 Å². The van der Waals surface area contributed by atoms with E-state index in [-0.39, 0.29) is 6.03 Å². The van der Waals surface area contributed by atoms with Crippen LogP contribution in [0.2, 0.25) is 5.02 Å². The van der Waals surface area contributed by atoms with Gasteiger partial charge in [0.15, 0.2) is 0 Å². The topological polar surface area (TPSA) is 75.3 Å². The zero-order valence-electron chi connectivity index (χ0n) is 15.6. The van der Waals surface area contributed by atoms with Gasteiger partial charge in [0, 0.05) is 40.8 Å². The van der Waals surface area contributed by atoms with E-state index in [1.54, 1.807) is 43.6 Å². The lowest BCUT2D eigenvalue weighted by Gasteiger charge is -2.13. The van der Waals surface area contributed by atoms with Gasteiger partial charge in [0.05, 0.1) is 7.11 Å². The summed E-state index contributed by atoms with van der Waals surface area (Å²) in [6, 6.07) is 16.0. The summed E-state index contributed by atoms with van der Waals surface area (Å²) in [5.41, 5.74) is 3.10. The molecule has 0 bridgehead atoms. The van der Waals surface area contributed by atoms with E-state index in [0.717, 1.165) is 23.5 Å². The molecule has 28 heavy (non-hydrogen) atoms. The van der Waals surface area contributed by atoms with E-state index < -0.39 is 0 Å². The molecule has 1 heterocycles. The molecule has 0 unspecified atom stereocenters. The van der Waals surface area contributed by atoms with Crippen molar-refractivity contribution < 1.29 is 9.53 Å². The first-order valence-electron chi connectivity index (χ1n) is 8.81. The zero-order valence-corrected chi connectivity index (χ0v) is 16.4. The van der Waals surface area contributed by atoms with Crippen LogP contribution >= 0.6 is 11.6 Å². The van der Waals surface area contributed by atoms with Crippen molar-refractivity contribution in [2.24, 2.45) is 0 Å². The molecule has 3 N–H and O–H groups in total. The lowest BCUT2D eigenvalue weighted by molar-refractivity contribution is 0.262. The third-order valence-electron chi connectivity index (χ3n) is 3.97. The maximum Gasteiger partial charge on any atom is 0.323 e. The Bertz CT molecular complexity index is 978. The maximum atomic E-state index is 12.2. The van der Waals surface area contributed by atoms with Gasteiger partial charge in [-0.15, -0.1) is 0 Å². The minimum absolute atomic E-state index is 0.365. The van der Waals surface area contributed by atoms with Crippen LogP contribution in [0.1, 0.15) is 6.92 Å². The number of amides is 2. The highest BCUT2D eigenvalue weighted by molar-refractivity contribution is 6.30. The van der Waals surface area contributed by atoms with Crippen LogP contribution in [-0.4, -0.2) is 24.7 Å². The Hall–Kier alpha value is -3.25. The second kappa shape index (κ2) is 9.10. The van der Waals surface area contributed by atoms with Gasteiger partial charge < -0.3 is 20.7 Å². The van der Waals surface area contributed by atoms with E-state index in [0.29, 0.717) is 22.1 Å². The van der Waals surface area contributed by atoms with Gasteiger partial charge in [-0.25, -0.2) is 9.78 Å². The standard InChI is InChI=1S/C21H21ClN4O2/c1-3-23-20-11-14(9-10-24-20)18-8-7-17(13-19(18)28-2)26-21(27)25-16-6-4-5-15(22)12-16/h4-13H,3H2,1-2H3,(H,23,24)(H2,25,26,27). The maximum absolute atomic E-state index is 12.2. The van der Waals surface area contributed by atoms with E-state index in [9.17, 15) is 4.79 Å². The van der Waals surface area contributed by atoms with Gasteiger partial charge in [-0.1, -0.05) is 17.7 Å². The third-order valence-corrected chi connectivity index (χ3v) is 4.21. The second-order valence-corrected chi connectivity index (χ2v) is 6.40. The van der Waals surface area contributed by atoms with Crippen molar-refractivity contribution >= 4 is 34.8 Å². The average molecular weight is 397 g/mol. The van der Waals surface area contributed by atoms with Crippen molar-refractivity contribution in [3.05, 3.63) is 65.8 Å². The molecule has 0 saturated carbocycles. The first-order chi connectivity index (χ1) is 13.6. The molecule has 3 aromatic rings. The molecule has 3 rings (SSSR count). The fourth-order valence-corrected chi connectivity index (χ4v) is 2.93. The monoisotopic (exact) mass is 396 g/mol. The van der Waals surface area contributed by atoms with Gasteiger partial charge in [0.1, 0.15) is 11.6 Å². The minimum Gasteiger partial charge on any atom is -0.496 e. The lowest BCUT2D eigenvalue weighted by Crippen LogP contribution is -2.19. The smallest absolute Gasteiger partial charge is 0.323 e. The largest absolute Gasteiger partial charge is 0.496 e. The number of carbonyl (C=O) groups excluding carboxylic acids is 1. The molecule has 2 amide bonds. The SMILES string of the molecule is CCNc1cc(-c2ccc(NC(=O)Nc3cccc(Cl)c3)cc2OC)ccn1. The van der Waals surface area contributed by atoms with E-state index in [1.165, 1.54) is 0 Å². The number of hydrogen-bond donors (Lipinski definition) is 3. The van der Waals surface area contributed by atoms with Crippen LogP contribution in [0.25, 0.3) is 11.1 Å². The molecule has 1 aromatic heterocycles. The number of carbonyl (C=O) groups is 1. The number of ether oxygens (including phenoxy) is 1. The van der Waals surface area contributed by atoms with Crippen molar-refractivity contribution in [3.8, 4) is 16.9 Å². The number of nitrogens with one attached hydrogen (secondary N) is 3. The summed E-state index contributed by atoms with van der Waals surface area (Å²) in [6.45, 7) is 2.81. The molecule has 0 fully saturated rings. The fourth-order valence-electron chi connectivity index (χ4n) is 2.74. The molecule has 144 valence electrons. The van der Waals surface area contributed by atoms with Crippen molar-refractivity contribution in [2.45, 2.75) is 6.92 Å². The minimum atomic E-state index is -0.365. The van der Waals surface area contributed by atoms with Gasteiger partial charge in [-0.05, 0) is 55.0 Å². The summed E-state index contributed by atoms with van der Waals surface area (Å²) in [5, 5.41) is 9.29. The highest BCUT2D eigenvalue weighted by Gasteiger charge is 2.10. The summed E-state index contributed by atoms with van der Waals surface area (Å²) in [6.07, 6.45) is 1.75. The number of urea groups is 1. The number of hydrogen-bond acceptors (Lipinski definition) is 4. The molecule has 0 aliphatic rings. The zero-order chi connectivity index (χ0) is 19.9. The first kappa shape index (κ1) is 19.5. The summed E-state index contributed by atoms with van der Waals surface area (Å²) in [7, 11) is 1.60. The predicted molar refractivity (Wildman–Crippen MR) is 114 cm³/mol. The van der Waals surface area contributed by atoms with Crippen molar-refractivity contribution in [3.63, 3.8) is 0 Å². The Kier molecular flexibility index (Phi) is 6.34. The number of nitrogens with zero attached hydrogens (tertiary/aromatic N) is 1. The molecule has 0 atom stereocenters. The number of methoxy groups -OCH3 is 1. The van der Waals surface area contributed by atoms with Gasteiger partial charge in [0.2, 0.25) is 0 Å². The molecule has 6 nitrogen and oxygen atoms in total. The summed E-state index contributed by atoms with van der Waals surface area (Å²) in [5.74, 6) is 1.44. The number of halogens is 1. The molecule has 0 aliphatic carbocycles. The number of anilines is 3. The number of pyridine rings is 1. The van der Waals surface area contributed by atoms with Gasteiger partial charge in [0.25, 0.3) is 0 Å². The molecule has 0 aliphatic heterocycles. The third kappa shape index (κ3) is 4.92. The normalized spacial score (nSPS) is 10.2. The Morgan fingerprint density at radius 3 is 2.57 bits per heavy atom. The van der Waals surface area contributed by atoms with Gasteiger partial charge in [-0.2, -0.15) is 0 Å². The van der Waals surface area contributed by atoms with Crippen LogP contribution in [0.4, 0.5) is 22.0 Å². The number of rotatable bonds is 6. The van der Waals surface area contributed by atoms with Crippen molar-refractivity contribution in [1.29, 1.82) is 0 Å². The second-order valence-electron chi connectivity index (χ2n) is 5.96. The lowest BCUT2D eigenvalue weighted by atomic mass is 10.0. The predicted octanol–water partition coefficient (Wildman–Crippen LogP) is 5.49. The van der Waals surface area contributed by atoms with E-state index in [4.69, 9.17) is 16.3 Å². The Morgan fingerprint density at radius 2 is 1.86 bits per heavy atom. The van der Waals surface area contributed by atoms with Crippen LogP contribution in [0.15, 0.2) is 60.8 Å². The van der Waals surface area contributed by atoms with Crippen LogP contribution in [0.3, 0.4) is 0 Å². The Morgan fingerprint density at radius 1 is 1.07 bits per heavy atom. The first-order valence-corrected chi connectivity index (χ1v) is 9.18. The Labute approximate surface area is 168 Å². The number of benzene rings is 2. The summed E-state index contributed by atoms with van der Waals surface area (Å²) < 4.78 is 5.53. The van der Waals surface area contributed by atoms with Crippen molar-refractivity contribution in [1.82, 2.24) is 4.98 Å². The summed E-state index contributed by atoms with van der Waals surface area (Å²) >= 11 is 5.94. The fraction of sp³-hybridized carbons (Fsp3) is 0.143. The summed E-state index contributed by atoms with van der Waals surface area (Å²) in [4.78, 5) is 16.5.